The third-order valence-electron chi connectivity index (χ3n) is 6.17. The van der Waals surface area contributed by atoms with Gasteiger partial charge in [-0.3, -0.25) is 4.99 Å². The van der Waals surface area contributed by atoms with E-state index in [-0.39, 0.29) is 29.4 Å². The molecule has 0 aromatic heterocycles. The van der Waals surface area contributed by atoms with Gasteiger partial charge in [0.15, 0.2) is 5.96 Å². The third-order valence-corrected chi connectivity index (χ3v) is 6.17. The lowest BCUT2D eigenvalue weighted by Gasteiger charge is -2.34. The summed E-state index contributed by atoms with van der Waals surface area (Å²) < 4.78 is 0. The van der Waals surface area contributed by atoms with Crippen molar-refractivity contribution >= 4 is 29.9 Å². The Bertz CT molecular complexity index is 607. The van der Waals surface area contributed by atoms with Gasteiger partial charge in [-0.05, 0) is 43.5 Å². The standard InChI is InChI=1S/C24H43N5.HI/c1-6-21-10-12-22(13-11-21)24(3,4)20-27-23(25-5)26-14-8-9-15-29-18-16-28(7-2)17-19-29;/h10-13H,6-9,14-20H2,1-5H3,(H2,25,26,27);1H. The van der Waals surface area contributed by atoms with Crippen molar-refractivity contribution in [3.63, 3.8) is 0 Å². The predicted molar refractivity (Wildman–Crippen MR) is 141 cm³/mol. The van der Waals surface area contributed by atoms with Gasteiger partial charge >= 0.3 is 0 Å². The van der Waals surface area contributed by atoms with Crippen molar-refractivity contribution < 1.29 is 0 Å². The first-order valence-corrected chi connectivity index (χ1v) is 11.5. The maximum Gasteiger partial charge on any atom is 0.191 e. The lowest BCUT2D eigenvalue weighted by molar-refractivity contribution is 0.136. The first-order chi connectivity index (χ1) is 14.0. The molecule has 1 aromatic carbocycles. The van der Waals surface area contributed by atoms with Crippen LogP contribution in [0, 0.1) is 0 Å². The van der Waals surface area contributed by atoms with E-state index in [1.54, 1.807) is 0 Å². The average Bonchev–Trinajstić information content (AvgIpc) is 2.76. The molecule has 0 aliphatic carbocycles. The number of likely N-dealkylation sites (N-methyl/N-ethyl adjacent to an activating group) is 1. The largest absolute Gasteiger partial charge is 0.356 e. The van der Waals surface area contributed by atoms with Crippen LogP contribution in [0.5, 0.6) is 0 Å². The first kappa shape index (κ1) is 27.2. The summed E-state index contributed by atoms with van der Waals surface area (Å²) in [6.07, 6.45) is 3.51. The molecule has 1 aliphatic heterocycles. The Hall–Kier alpha value is -0.860. The highest BCUT2D eigenvalue weighted by Crippen LogP contribution is 2.22. The molecule has 2 rings (SSSR count). The van der Waals surface area contributed by atoms with Crippen molar-refractivity contribution in [1.29, 1.82) is 0 Å². The Morgan fingerprint density at radius 3 is 2.17 bits per heavy atom. The predicted octanol–water partition coefficient (Wildman–Crippen LogP) is 3.73. The average molecular weight is 530 g/mol. The van der Waals surface area contributed by atoms with Crippen molar-refractivity contribution in [2.75, 3.05) is 59.4 Å². The van der Waals surface area contributed by atoms with Crippen molar-refractivity contribution in [3.8, 4) is 0 Å². The van der Waals surface area contributed by atoms with Gasteiger partial charge in [0.1, 0.15) is 0 Å². The van der Waals surface area contributed by atoms with Crippen LogP contribution in [0.2, 0.25) is 0 Å². The topological polar surface area (TPSA) is 42.9 Å². The molecule has 2 N–H and O–H groups in total. The fourth-order valence-corrected chi connectivity index (χ4v) is 3.82. The molecule has 172 valence electrons. The zero-order valence-electron chi connectivity index (χ0n) is 19.8. The number of rotatable bonds is 10. The molecule has 1 saturated heterocycles. The van der Waals surface area contributed by atoms with Crippen LogP contribution in [0.15, 0.2) is 29.3 Å². The highest BCUT2D eigenvalue weighted by atomic mass is 127. The molecule has 5 nitrogen and oxygen atoms in total. The second kappa shape index (κ2) is 14.2. The van der Waals surface area contributed by atoms with Gasteiger partial charge in [-0.25, -0.2) is 0 Å². The second-order valence-corrected chi connectivity index (χ2v) is 8.77. The van der Waals surface area contributed by atoms with Crippen LogP contribution in [0.25, 0.3) is 0 Å². The number of hydrogen-bond acceptors (Lipinski definition) is 3. The number of piperazine rings is 1. The molecular weight excluding hydrogens is 485 g/mol. The molecule has 30 heavy (non-hydrogen) atoms. The van der Waals surface area contributed by atoms with Gasteiger partial charge in [-0.1, -0.05) is 52.0 Å². The van der Waals surface area contributed by atoms with Gasteiger partial charge in [0.25, 0.3) is 0 Å². The first-order valence-electron chi connectivity index (χ1n) is 11.5. The van der Waals surface area contributed by atoms with Crippen molar-refractivity contribution in [2.24, 2.45) is 4.99 Å². The summed E-state index contributed by atoms with van der Waals surface area (Å²) in [5.41, 5.74) is 2.81. The molecular formula is C24H44IN5. The summed E-state index contributed by atoms with van der Waals surface area (Å²) in [6, 6.07) is 9.01. The minimum Gasteiger partial charge on any atom is -0.356 e. The Kier molecular flexibility index (Phi) is 12.9. The summed E-state index contributed by atoms with van der Waals surface area (Å²) in [6.45, 7) is 18.1. The van der Waals surface area contributed by atoms with E-state index >= 15 is 0 Å². The Labute approximate surface area is 202 Å². The normalized spacial score (nSPS) is 16.2. The minimum atomic E-state index is 0. The van der Waals surface area contributed by atoms with Crippen LogP contribution in [-0.4, -0.2) is 75.2 Å². The molecule has 1 heterocycles. The molecule has 0 radical (unpaired) electrons. The van der Waals surface area contributed by atoms with Crippen LogP contribution < -0.4 is 10.6 Å². The third kappa shape index (κ3) is 9.10. The number of unbranched alkanes of at least 4 members (excludes halogenated alkanes) is 1. The van der Waals surface area contributed by atoms with Crippen LogP contribution >= 0.6 is 24.0 Å². The van der Waals surface area contributed by atoms with E-state index in [2.05, 4.69) is 77.4 Å². The summed E-state index contributed by atoms with van der Waals surface area (Å²) >= 11 is 0. The van der Waals surface area contributed by atoms with Crippen LogP contribution in [0.4, 0.5) is 0 Å². The second-order valence-electron chi connectivity index (χ2n) is 8.77. The fraction of sp³-hybridized carbons (Fsp3) is 0.708. The lowest BCUT2D eigenvalue weighted by atomic mass is 9.84. The monoisotopic (exact) mass is 529 g/mol. The summed E-state index contributed by atoms with van der Waals surface area (Å²) in [5.74, 6) is 0.903. The fourth-order valence-electron chi connectivity index (χ4n) is 3.82. The zero-order valence-corrected chi connectivity index (χ0v) is 22.2. The number of aryl methyl sites for hydroxylation is 1. The maximum atomic E-state index is 4.40. The van der Waals surface area contributed by atoms with Gasteiger partial charge in [0.05, 0.1) is 0 Å². The maximum absolute atomic E-state index is 4.40. The number of benzene rings is 1. The van der Waals surface area contributed by atoms with E-state index in [4.69, 9.17) is 0 Å². The Morgan fingerprint density at radius 2 is 1.60 bits per heavy atom. The van der Waals surface area contributed by atoms with Crippen molar-refractivity contribution in [3.05, 3.63) is 35.4 Å². The van der Waals surface area contributed by atoms with E-state index in [1.165, 1.54) is 63.2 Å². The molecule has 0 unspecified atom stereocenters. The molecule has 0 atom stereocenters. The highest BCUT2D eigenvalue weighted by Gasteiger charge is 2.21. The summed E-state index contributed by atoms with van der Waals surface area (Å²) in [7, 11) is 1.85. The van der Waals surface area contributed by atoms with Crippen LogP contribution in [-0.2, 0) is 11.8 Å². The van der Waals surface area contributed by atoms with Gasteiger partial charge in [-0.15, -0.1) is 24.0 Å². The van der Waals surface area contributed by atoms with Gasteiger partial charge in [0, 0.05) is 51.7 Å². The molecule has 1 aromatic rings. The van der Waals surface area contributed by atoms with Crippen molar-refractivity contribution in [1.82, 2.24) is 20.4 Å². The van der Waals surface area contributed by atoms with Gasteiger partial charge < -0.3 is 20.4 Å². The smallest absolute Gasteiger partial charge is 0.191 e. The van der Waals surface area contributed by atoms with Gasteiger partial charge in [0.2, 0.25) is 0 Å². The number of halogens is 1. The molecule has 0 spiro atoms. The molecule has 0 bridgehead atoms. The molecule has 1 aliphatic rings. The molecule has 1 fully saturated rings. The van der Waals surface area contributed by atoms with E-state index < -0.39 is 0 Å². The number of nitrogens with one attached hydrogen (secondary N) is 2. The lowest BCUT2D eigenvalue weighted by Crippen LogP contribution is -2.46. The summed E-state index contributed by atoms with van der Waals surface area (Å²) in [4.78, 5) is 9.53. The van der Waals surface area contributed by atoms with Crippen LogP contribution in [0.1, 0.15) is 51.7 Å². The SMILES string of the molecule is CCc1ccc(C(C)(C)CNC(=NC)NCCCCN2CCN(CC)CC2)cc1.I. The number of hydrogen-bond donors (Lipinski definition) is 2. The Balaban J connectivity index is 0.00000450. The highest BCUT2D eigenvalue weighted by molar-refractivity contribution is 14.0. The number of aliphatic imine (C=N–C) groups is 1. The van der Waals surface area contributed by atoms with E-state index in [0.29, 0.717) is 0 Å². The van der Waals surface area contributed by atoms with E-state index in [9.17, 15) is 0 Å². The number of nitrogens with zero attached hydrogens (tertiary/aromatic N) is 3. The van der Waals surface area contributed by atoms with Gasteiger partial charge in [-0.2, -0.15) is 0 Å². The van der Waals surface area contributed by atoms with E-state index in [1.807, 2.05) is 7.05 Å². The quantitative estimate of drug-likeness (QED) is 0.210. The zero-order chi connectivity index (χ0) is 21.1. The Morgan fingerprint density at radius 1 is 0.967 bits per heavy atom. The minimum absolute atomic E-state index is 0. The molecule has 0 amide bonds. The van der Waals surface area contributed by atoms with Crippen LogP contribution in [0.3, 0.4) is 0 Å². The number of guanidine groups is 1. The summed E-state index contributed by atoms with van der Waals surface area (Å²) in [5, 5.41) is 6.99. The molecule has 0 saturated carbocycles. The molecule has 6 heteroatoms. The van der Waals surface area contributed by atoms with E-state index in [0.717, 1.165) is 25.5 Å². The van der Waals surface area contributed by atoms with Crippen molar-refractivity contribution in [2.45, 2.75) is 52.4 Å².